The molecule has 2 fully saturated rings. The fraction of sp³-hybridized carbons (Fsp3) is 0.667. The van der Waals surface area contributed by atoms with Crippen molar-refractivity contribution in [2.75, 3.05) is 7.11 Å². The molecule has 3 unspecified atom stereocenters. The smallest absolute Gasteiger partial charge is 0.265 e. The zero-order chi connectivity index (χ0) is 12.7. The Bertz CT molecular complexity index is 517. The van der Waals surface area contributed by atoms with Gasteiger partial charge in [0.15, 0.2) is 0 Å². The number of ether oxygens (including phenoxy) is 2. The molecular formula is C12H15BrN2O3. The van der Waals surface area contributed by atoms with E-state index in [0.717, 1.165) is 25.1 Å². The van der Waals surface area contributed by atoms with Crippen LogP contribution in [-0.4, -0.2) is 29.3 Å². The first-order valence-electron chi connectivity index (χ1n) is 6.12. The van der Waals surface area contributed by atoms with Gasteiger partial charge in [-0.3, -0.25) is 4.79 Å². The van der Waals surface area contributed by atoms with Crippen molar-refractivity contribution in [2.24, 2.45) is 0 Å². The molecule has 2 saturated heterocycles. The van der Waals surface area contributed by atoms with Gasteiger partial charge in [-0.2, -0.15) is 0 Å². The van der Waals surface area contributed by atoms with E-state index in [0.29, 0.717) is 22.9 Å². The molecule has 0 radical (unpaired) electrons. The zero-order valence-electron chi connectivity index (χ0n) is 10.1. The molecule has 18 heavy (non-hydrogen) atoms. The summed E-state index contributed by atoms with van der Waals surface area (Å²) < 4.78 is 11.3. The van der Waals surface area contributed by atoms with Gasteiger partial charge in [0.05, 0.1) is 24.5 Å². The first-order valence-corrected chi connectivity index (χ1v) is 6.91. The maximum absolute atomic E-state index is 11.9. The number of H-pyrrole nitrogens is 1. The van der Waals surface area contributed by atoms with Crippen LogP contribution in [0.4, 0.5) is 0 Å². The Balaban J connectivity index is 1.95. The van der Waals surface area contributed by atoms with Crippen molar-refractivity contribution in [1.82, 2.24) is 9.97 Å². The summed E-state index contributed by atoms with van der Waals surface area (Å²) in [7, 11) is 1.59. The molecule has 1 N–H and O–H groups in total. The fourth-order valence-electron chi connectivity index (χ4n) is 2.86. The average Bonchev–Trinajstić information content (AvgIpc) is 2.97. The number of hydrogen-bond donors (Lipinski definition) is 1. The van der Waals surface area contributed by atoms with Crippen LogP contribution in [0.25, 0.3) is 0 Å². The summed E-state index contributed by atoms with van der Waals surface area (Å²) in [5.74, 6) is 0.961. The summed E-state index contributed by atoms with van der Waals surface area (Å²) in [5, 5.41) is 0. The van der Waals surface area contributed by atoms with Crippen molar-refractivity contribution in [1.29, 1.82) is 0 Å². The zero-order valence-corrected chi connectivity index (χ0v) is 11.7. The lowest BCUT2D eigenvalue weighted by Gasteiger charge is -2.18. The second-order valence-corrected chi connectivity index (χ2v) is 5.65. The van der Waals surface area contributed by atoms with E-state index in [2.05, 4.69) is 25.9 Å². The van der Waals surface area contributed by atoms with Gasteiger partial charge in [0.1, 0.15) is 10.3 Å². The number of aromatic nitrogens is 2. The Labute approximate surface area is 113 Å². The Morgan fingerprint density at radius 2 is 2.39 bits per heavy atom. The van der Waals surface area contributed by atoms with E-state index < -0.39 is 0 Å². The monoisotopic (exact) mass is 314 g/mol. The number of fused-ring (bicyclic) bond motifs is 2. The third kappa shape index (κ3) is 2.02. The summed E-state index contributed by atoms with van der Waals surface area (Å²) in [6.45, 7) is 0.333. The van der Waals surface area contributed by atoms with Gasteiger partial charge in [-0.15, -0.1) is 0 Å². The predicted molar refractivity (Wildman–Crippen MR) is 68.5 cm³/mol. The number of nitrogens with one attached hydrogen (secondary N) is 1. The third-order valence-corrected chi connectivity index (χ3v) is 4.51. The summed E-state index contributed by atoms with van der Waals surface area (Å²) in [6.07, 6.45) is 3.72. The van der Waals surface area contributed by atoms with E-state index in [1.165, 1.54) is 0 Å². The van der Waals surface area contributed by atoms with E-state index in [4.69, 9.17) is 9.47 Å². The molecule has 98 valence electrons. The lowest BCUT2D eigenvalue weighted by molar-refractivity contribution is 0.0997. The van der Waals surface area contributed by atoms with Crippen LogP contribution in [0.3, 0.4) is 0 Å². The van der Waals surface area contributed by atoms with E-state index in [9.17, 15) is 4.79 Å². The average molecular weight is 315 g/mol. The standard InChI is InChI=1S/C12H15BrN2O3/c1-17-5-8-10(13)12(16)15-11(14-8)7-4-6-2-3-9(7)18-6/h6-7,9H,2-5H2,1H3,(H,14,15,16). The second-order valence-electron chi connectivity index (χ2n) is 4.86. The van der Waals surface area contributed by atoms with Gasteiger partial charge in [0.2, 0.25) is 0 Å². The van der Waals surface area contributed by atoms with Crippen molar-refractivity contribution < 1.29 is 9.47 Å². The van der Waals surface area contributed by atoms with Crippen LogP contribution in [0.5, 0.6) is 0 Å². The number of aromatic amines is 1. The highest BCUT2D eigenvalue weighted by Crippen LogP contribution is 2.43. The number of methoxy groups -OCH3 is 1. The Morgan fingerprint density at radius 1 is 1.56 bits per heavy atom. The van der Waals surface area contributed by atoms with Crippen molar-refractivity contribution in [3.8, 4) is 0 Å². The molecule has 3 rings (SSSR count). The maximum atomic E-state index is 11.9. The highest BCUT2D eigenvalue weighted by atomic mass is 79.9. The SMILES string of the molecule is COCc1nc(C2CC3CCC2O3)[nH]c(=O)c1Br. The quantitative estimate of drug-likeness (QED) is 0.922. The van der Waals surface area contributed by atoms with Crippen LogP contribution in [0.2, 0.25) is 0 Å². The molecule has 3 atom stereocenters. The van der Waals surface area contributed by atoms with Crippen LogP contribution in [0.1, 0.15) is 36.7 Å². The van der Waals surface area contributed by atoms with Gasteiger partial charge in [0, 0.05) is 13.0 Å². The molecule has 2 aliphatic heterocycles. The predicted octanol–water partition coefficient (Wildman–Crippen LogP) is 1.71. The van der Waals surface area contributed by atoms with Crippen LogP contribution in [0.15, 0.2) is 9.27 Å². The van der Waals surface area contributed by atoms with Crippen molar-refractivity contribution in [3.63, 3.8) is 0 Å². The molecule has 5 nitrogen and oxygen atoms in total. The molecule has 2 aliphatic rings. The van der Waals surface area contributed by atoms with Gasteiger partial charge in [-0.05, 0) is 35.2 Å². The molecule has 0 aromatic carbocycles. The molecule has 0 aliphatic carbocycles. The van der Waals surface area contributed by atoms with Crippen molar-refractivity contribution in [3.05, 3.63) is 26.3 Å². The molecule has 3 heterocycles. The van der Waals surface area contributed by atoms with E-state index in [-0.39, 0.29) is 17.6 Å². The van der Waals surface area contributed by atoms with Crippen molar-refractivity contribution >= 4 is 15.9 Å². The van der Waals surface area contributed by atoms with Gasteiger partial charge < -0.3 is 14.5 Å². The second kappa shape index (κ2) is 4.75. The molecular weight excluding hydrogens is 300 g/mol. The first kappa shape index (κ1) is 12.3. The van der Waals surface area contributed by atoms with Crippen LogP contribution >= 0.6 is 15.9 Å². The molecule has 1 aromatic rings. The van der Waals surface area contributed by atoms with Gasteiger partial charge in [0.25, 0.3) is 5.56 Å². The summed E-state index contributed by atoms with van der Waals surface area (Å²) in [6, 6.07) is 0. The Hall–Kier alpha value is -0.720. The van der Waals surface area contributed by atoms with E-state index in [1.807, 2.05) is 0 Å². The lowest BCUT2D eigenvalue weighted by Crippen LogP contribution is -2.23. The van der Waals surface area contributed by atoms with Crippen molar-refractivity contribution in [2.45, 2.75) is 44.0 Å². The largest absolute Gasteiger partial charge is 0.378 e. The summed E-state index contributed by atoms with van der Waals surface area (Å²) in [5.41, 5.74) is 0.508. The Kier molecular flexibility index (Phi) is 3.25. The lowest BCUT2D eigenvalue weighted by atomic mass is 9.88. The molecule has 6 heteroatoms. The van der Waals surface area contributed by atoms with E-state index >= 15 is 0 Å². The third-order valence-electron chi connectivity index (χ3n) is 3.69. The Morgan fingerprint density at radius 3 is 3.00 bits per heavy atom. The fourth-order valence-corrected chi connectivity index (χ4v) is 3.16. The highest BCUT2D eigenvalue weighted by molar-refractivity contribution is 9.10. The molecule has 1 aromatic heterocycles. The topological polar surface area (TPSA) is 64.2 Å². The van der Waals surface area contributed by atoms with Gasteiger partial charge >= 0.3 is 0 Å². The van der Waals surface area contributed by atoms with Crippen LogP contribution in [-0.2, 0) is 16.1 Å². The number of halogens is 1. The first-order chi connectivity index (χ1) is 8.69. The number of rotatable bonds is 3. The molecule has 0 saturated carbocycles. The summed E-state index contributed by atoms with van der Waals surface area (Å²) in [4.78, 5) is 19.2. The summed E-state index contributed by atoms with van der Waals surface area (Å²) >= 11 is 3.25. The molecule has 0 spiro atoms. The highest BCUT2D eigenvalue weighted by Gasteiger charge is 2.42. The van der Waals surface area contributed by atoms with Crippen LogP contribution < -0.4 is 5.56 Å². The van der Waals surface area contributed by atoms with Gasteiger partial charge in [-0.25, -0.2) is 4.98 Å². The van der Waals surface area contributed by atoms with Gasteiger partial charge in [-0.1, -0.05) is 0 Å². The molecule has 2 bridgehead atoms. The normalized spacial score (nSPS) is 30.0. The number of nitrogens with zero attached hydrogens (tertiary/aromatic N) is 1. The minimum absolute atomic E-state index is 0.144. The number of hydrogen-bond acceptors (Lipinski definition) is 4. The maximum Gasteiger partial charge on any atom is 0.265 e. The molecule has 0 amide bonds. The van der Waals surface area contributed by atoms with E-state index in [1.54, 1.807) is 7.11 Å². The minimum Gasteiger partial charge on any atom is -0.378 e. The van der Waals surface area contributed by atoms with Crippen LogP contribution in [0, 0.1) is 0 Å². The minimum atomic E-state index is -0.144.